The molecule has 0 amide bonds. The van der Waals surface area contributed by atoms with Crippen LogP contribution in [0.15, 0.2) is 29.3 Å². The molecule has 4 aliphatic rings. The fourth-order valence-corrected chi connectivity index (χ4v) is 7.93. The van der Waals surface area contributed by atoms with E-state index in [1.54, 1.807) is 6.92 Å². The van der Waals surface area contributed by atoms with E-state index < -0.39 is 131 Å². The van der Waals surface area contributed by atoms with Crippen molar-refractivity contribution in [2.45, 2.75) is 95.0 Å². The van der Waals surface area contributed by atoms with Crippen LogP contribution in [0.1, 0.15) is 71.7 Å². The van der Waals surface area contributed by atoms with Gasteiger partial charge < -0.3 is 70.0 Å². The Morgan fingerprint density at radius 1 is 0.654 bits per heavy atom. The fraction of sp³-hybridized carbons (Fsp3) is 0.444. The van der Waals surface area contributed by atoms with Crippen LogP contribution in [-0.4, -0.2) is 124 Å². The predicted octanol–water partition coefficient (Wildman–Crippen LogP) is 0.865. The van der Waals surface area contributed by atoms with E-state index in [9.17, 15) is 60.7 Å². The van der Waals surface area contributed by atoms with Gasteiger partial charge in [-0.15, -0.1) is 0 Å². The number of aromatic hydroxyl groups is 4. The first-order valence-corrected chi connectivity index (χ1v) is 16.6. The van der Waals surface area contributed by atoms with Crippen molar-refractivity contribution in [1.82, 2.24) is 0 Å². The maximum absolute atomic E-state index is 14.6. The van der Waals surface area contributed by atoms with Crippen molar-refractivity contribution in [3.05, 3.63) is 51.6 Å². The highest BCUT2D eigenvalue weighted by Gasteiger charge is 2.49. The topological polar surface area (TPSA) is 273 Å². The first-order chi connectivity index (χ1) is 24.5. The number of fused-ring (bicyclic) bond motifs is 3. The molecule has 11 atom stereocenters. The SMILES string of the molecule is CC1OC(C)C(O)C2=C1C(=O)c1c(O)cc(O)c(-c3c4c(c(O)c5c(OC6OC(CO)C(O)C(O)C6O)cc(O)cc35)C(C)OC(C)C4O)c1C2=O. The molecule has 16 nitrogen and oxygen atoms in total. The van der Waals surface area contributed by atoms with Gasteiger partial charge in [0.15, 0.2) is 11.6 Å². The third-order valence-corrected chi connectivity index (χ3v) is 10.4. The largest absolute Gasteiger partial charge is 0.508 e. The van der Waals surface area contributed by atoms with Gasteiger partial charge in [0.25, 0.3) is 0 Å². The number of hydrogen-bond acceptors (Lipinski definition) is 16. The molecular formula is C36H38O16. The number of aliphatic hydroxyl groups is 6. The molecule has 7 rings (SSSR count). The van der Waals surface area contributed by atoms with Crippen molar-refractivity contribution in [2.75, 3.05) is 6.61 Å². The van der Waals surface area contributed by atoms with Gasteiger partial charge in [-0.25, -0.2) is 0 Å². The highest BCUT2D eigenvalue weighted by Crippen LogP contribution is 2.57. The second kappa shape index (κ2) is 12.6. The third kappa shape index (κ3) is 5.09. The van der Waals surface area contributed by atoms with Gasteiger partial charge in [0.05, 0.1) is 42.0 Å². The number of phenols is 4. The van der Waals surface area contributed by atoms with Gasteiger partial charge in [-0.05, 0) is 33.8 Å². The van der Waals surface area contributed by atoms with Gasteiger partial charge in [0.1, 0.15) is 65.4 Å². The molecule has 16 heteroatoms. The van der Waals surface area contributed by atoms with Crippen molar-refractivity contribution >= 4 is 22.3 Å². The zero-order chi connectivity index (χ0) is 37.8. The Balaban J connectivity index is 1.57. The number of Topliss-reactive ketones (excluding diaryl/α,β-unsaturated/α-hetero) is 2. The smallest absolute Gasteiger partial charge is 0.229 e. The first-order valence-electron chi connectivity index (χ1n) is 16.6. The first kappa shape index (κ1) is 36.0. The number of phenolic OH excluding ortho intramolecular Hbond substituents is 4. The van der Waals surface area contributed by atoms with E-state index in [0.29, 0.717) is 0 Å². The molecule has 0 bridgehead atoms. The molecule has 278 valence electrons. The molecule has 1 saturated heterocycles. The molecule has 3 heterocycles. The Labute approximate surface area is 294 Å². The average molecular weight is 727 g/mol. The van der Waals surface area contributed by atoms with Gasteiger partial charge in [0.2, 0.25) is 6.29 Å². The summed E-state index contributed by atoms with van der Waals surface area (Å²) in [5, 5.41) is 109. The van der Waals surface area contributed by atoms with Gasteiger partial charge in [-0.1, -0.05) is 0 Å². The van der Waals surface area contributed by atoms with Crippen LogP contribution in [0.4, 0.5) is 0 Å². The van der Waals surface area contributed by atoms with Crippen LogP contribution in [0.5, 0.6) is 28.7 Å². The van der Waals surface area contributed by atoms with E-state index in [1.165, 1.54) is 20.8 Å². The summed E-state index contributed by atoms with van der Waals surface area (Å²) in [6.45, 7) is 5.31. The van der Waals surface area contributed by atoms with Crippen LogP contribution >= 0.6 is 0 Å². The second-order valence-electron chi connectivity index (χ2n) is 13.6. The van der Waals surface area contributed by atoms with Gasteiger partial charge >= 0.3 is 0 Å². The van der Waals surface area contributed by atoms with E-state index in [0.717, 1.165) is 18.2 Å². The van der Waals surface area contributed by atoms with E-state index >= 15 is 0 Å². The minimum Gasteiger partial charge on any atom is -0.508 e. The van der Waals surface area contributed by atoms with Crippen LogP contribution in [0, 0.1) is 0 Å². The van der Waals surface area contributed by atoms with E-state index in [-0.39, 0.29) is 38.6 Å². The lowest BCUT2D eigenvalue weighted by molar-refractivity contribution is -0.277. The van der Waals surface area contributed by atoms with E-state index in [1.807, 2.05) is 0 Å². The number of carbonyl (C=O) groups excluding carboxylic acids is 2. The molecule has 3 aromatic rings. The number of benzene rings is 3. The number of ether oxygens (including phenoxy) is 4. The van der Waals surface area contributed by atoms with Crippen LogP contribution in [0.3, 0.4) is 0 Å². The second-order valence-corrected chi connectivity index (χ2v) is 13.6. The normalized spacial score (nSPS) is 33.2. The molecular weight excluding hydrogens is 688 g/mol. The lowest BCUT2D eigenvalue weighted by Crippen LogP contribution is -2.60. The molecule has 52 heavy (non-hydrogen) atoms. The Bertz CT molecular complexity index is 2050. The summed E-state index contributed by atoms with van der Waals surface area (Å²) in [7, 11) is 0. The minimum atomic E-state index is -1.91. The molecule has 10 N–H and O–H groups in total. The zero-order valence-corrected chi connectivity index (χ0v) is 28.2. The Hall–Kier alpha value is -4.36. The summed E-state index contributed by atoms with van der Waals surface area (Å²) in [6.07, 6.45) is -15.6. The van der Waals surface area contributed by atoms with Gasteiger partial charge in [0, 0.05) is 56.5 Å². The van der Waals surface area contributed by atoms with Crippen molar-refractivity contribution in [2.24, 2.45) is 0 Å². The highest BCUT2D eigenvalue weighted by molar-refractivity contribution is 6.32. The summed E-state index contributed by atoms with van der Waals surface area (Å²) < 4.78 is 23.0. The number of ketones is 2. The minimum absolute atomic E-state index is 0.0542. The summed E-state index contributed by atoms with van der Waals surface area (Å²) in [6, 6.07) is 2.97. The number of aliphatic hydroxyl groups excluding tert-OH is 6. The van der Waals surface area contributed by atoms with Crippen LogP contribution in [0.2, 0.25) is 0 Å². The molecule has 0 aromatic heterocycles. The average Bonchev–Trinajstić information content (AvgIpc) is 3.07. The summed E-state index contributed by atoms with van der Waals surface area (Å²) in [4.78, 5) is 28.7. The molecule has 3 aromatic carbocycles. The standard InChI is InChI=1S/C36H38O16/c1-9-19-25(28(41)11(3)49-9)22(14-5-13(38)6-17(21(14)31(19)44)51-36-35(48)34(47)30(43)18(8-37)52-36)23-15(39)7-16(40)24-26(23)33(46)27-20(32(24)45)10(2)50-12(4)29(27)42/h5-7,9-12,18,28-30,34-44,47-48H,8H2,1-4H3. The third-order valence-electron chi connectivity index (χ3n) is 10.4. The molecule has 0 radical (unpaired) electrons. The Kier molecular flexibility index (Phi) is 8.76. The van der Waals surface area contributed by atoms with Gasteiger partial charge in [-0.3, -0.25) is 9.59 Å². The number of rotatable bonds is 4. The van der Waals surface area contributed by atoms with Crippen molar-refractivity contribution in [3.63, 3.8) is 0 Å². The fourth-order valence-electron chi connectivity index (χ4n) is 7.93. The Morgan fingerprint density at radius 2 is 1.27 bits per heavy atom. The molecule has 0 saturated carbocycles. The maximum atomic E-state index is 14.6. The zero-order valence-electron chi connectivity index (χ0n) is 28.2. The Morgan fingerprint density at radius 3 is 1.94 bits per heavy atom. The van der Waals surface area contributed by atoms with Crippen LogP contribution in [0.25, 0.3) is 21.9 Å². The maximum Gasteiger partial charge on any atom is 0.229 e. The van der Waals surface area contributed by atoms with Crippen molar-refractivity contribution in [3.8, 4) is 39.9 Å². The monoisotopic (exact) mass is 726 g/mol. The highest BCUT2D eigenvalue weighted by atomic mass is 16.7. The van der Waals surface area contributed by atoms with E-state index in [2.05, 4.69) is 0 Å². The van der Waals surface area contributed by atoms with Crippen LogP contribution in [-0.2, 0) is 14.2 Å². The molecule has 0 spiro atoms. The molecule has 1 aliphatic carbocycles. The number of carbonyl (C=O) groups is 2. The lowest BCUT2D eigenvalue weighted by atomic mass is 9.73. The van der Waals surface area contributed by atoms with Crippen molar-refractivity contribution in [1.29, 1.82) is 0 Å². The van der Waals surface area contributed by atoms with Crippen LogP contribution < -0.4 is 4.74 Å². The molecule has 11 unspecified atom stereocenters. The summed E-state index contributed by atoms with van der Waals surface area (Å²) in [5.41, 5.74) is -2.27. The quantitative estimate of drug-likeness (QED) is 0.179. The number of hydrogen-bond donors (Lipinski definition) is 10. The van der Waals surface area contributed by atoms with E-state index in [4.69, 9.17) is 18.9 Å². The summed E-state index contributed by atoms with van der Waals surface area (Å²) in [5.74, 6) is -4.82. The van der Waals surface area contributed by atoms with Crippen molar-refractivity contribution < 1.29 is 79.6 Å². The lowest BCUT2D eigenvalue weighted by Gasteiger charge is -2.40. The van der Waals surface area contributed by atoms with Gasteiger partial charge in [-0.2, -0.15) is 0 Å². The molecule has 3 aliphatic heterocycles. The summed E-state index contributed by atoms with van der Waals surface area (Å²) >= 11 is 0. The molecule has 1 fully saturated rings. The predicted molar refractivity (Wildman–Crippen MR) is 176 cm³/mol.